The fraction of sp³-hybridized carbons (Fsp3) is 0.400. The zero-order valence-corrected chi connectivity index (χ0v) is 16.1. The first-order chi connectivity index (χ1) is 13.2. The molecule has 1 aliphatic heterocycles. The molecule has 1 aromatic rings. The van der Waals surface area contributed by atoms with Crippen molar-refractivity contribution < 1.29 is 33.4 Å². The number of benzene rings is 1. The maximum atomic E-state index is 13.2. The van der Waals surface area contributed by atoms with Gasteiger partial charge in [0, 0.05) is 12.1 Å². The van der Waals surface area contributed by atoms with Crippen LogP contribution in [0.2, 0.25) is 0 Å². The molecule has 3 rings (SSSR count). The molecule has 28 heavy (non-hydrogen) atoms. The van der Waals surface area contributed by atoms with Crippen molar-refractivity contribution in [3.05, 3.63) is 29.0 Å². The highest BCUT2D eigenvalue weighted by molar-refractivity contribution is 6.27. The summed E-state index contributed by atoms with van der Waals surface area (Å²) >= 11 is 0. The van der Waals surface area contributed by atoms with Crippen molar-refractivity contribution in [3.63, 3.8) is 0 Å². The van der Waals surface area contributed by atoms with Gasteiger partial charge in [-0.3, -0.25) is 19.2 Å². The number of fused-ring (bicyclic) bond motifs is 3. The molecule has 1 aromatic carbocycles. The van der Waals surface area contributed by atoms with E-state index in [9.17, 15) is 19.2 Å². The van der Waals surface area contributed by atoms with Crippen molar-refractivity contribution in [2.45, 2.75) is 32.6 Å². The van der Waals surface area contributed by atoms with Gasteiger partial charge in [0.05, 0.1) is 19.3 Å². The zero-order valence-electron chi connectivity index (χ0n) is 16.1. The molecule has 148 valence electrons. The topological polar surface area (TPSA) is 122 Å². The number of primary amides is 1. The maximum absolute atomic E-state index is 13.2. The van der Waals surface area contributed by atoms with Crippen molar-refractivity contribution in [3.8, 4) is 17.2 Å². The average molecular weight is 387 g/mol. The predicted molar refractivity (Wildman–Crippen MR) is 97.5 cm³/mol. The smallest absolute Gasteiger partial charge is 0.256 e. The van der Waals surface area contributed by atoms with Crippen molar-refractivity contribution in [1.82, 2.24) is 0 Å². The molecule has 2 aliphatic rings. The molecule has 1 heterocycles. The lowest BCUT2D eigenvalue weighted by Gasteiger charge is -2.30. The van der Waals surface area contributed by atoms with Gasteiger partial charge in [-0.1, -0.05) is 6.92 Å². The predicted octanol–water partition coefficient (Wildman–Crippen LogP) is 1.47. The fourth-order valence-corrected chi connectivity index (χ4v) is 3.68. The summed E-state index contributed by atoms with van der Waals surface area (Å²) in [7, 11) is 1.36. The number of hydrogen-bond donors (Lipinski definition) is 1. The first-order valence-electron chi connectivity index (χ1n) is 8.85. The maximum Gasteiger partial charge on any atom is 0.256 e. The number of ether oxygens (including phenoxy) is 3. The van der Waals surface area contributed by atoms with Crippen LogP contribution < -0.4 is 19.9 Å². The minimum absolute atomic E-state index is 0.0112. The summed E-state index contributed by atoms with van der Waals surface area (Å²) in [6.45, 7) is 4.99. The second-order valence-electron chi connectivity index (χ2n) is 6.91. The van der Waals surface area contributed by atoms with Crippen molar-refractivity contribution >= 4 is 23.3 Å². The molecular weight excluding hydrogens is 366 g/mol. The molecule has 2 atom stereocenters. The van der Waals surface area contributed by atoms with Crippen LogP contribution in [0.1, 0.15) is 43.1 Å². The third-order valence-corrected chi connectivity index (χ3v) is 5.06. The van der Waals surface area contributed by atoms with E-state index in [1.165, 1.54) is 20.1 Å². The van der Waals surface area contributed by atoms with Crippen molar-refractivity contribution in [2.75, 3.05) is 13.7 Å². The van der Waals surface area contributed by atoms with Gasteiger partial charge in [-0.15, -0.1) is 0 Å². The number of ketones is 3. The molecule has 0 spiro atoms. The van der Waals surface area contributed by atoms with E-state index in [0.29, 0.717) is 13.0 Å². The first-order valence-corrected chi connectivity index (χ1v) is 8.85. The van der Waals surface area contributed by atoms with Crippen LogP contribution in [-0.2, 0) is 19.8 Å². The SMILES string of the molecule is CCCOc1cc(OC)c(C(N)=O)c2c1[C@]1(C)C(=O)C(C(C)=O)C(=O)C=C1O2. The normalized spacial score (nSPS) is 22.7. The first kappa shape index (κ1) is 19.6. The largest absolute Gasteiger partial charge is 0.496 e. The molecule has 1 amide bonds. The highest BCUT2D eigenvalue weighted by atomic mass is 16.5. The molecule has 1 unspecified atom stereocenters. The van der Waals surface area contributed by atoms with Gasteiger partial charge >= 0.3 is 0 Å². The Morgan fingerprint density at radius 2 is 1.96 bits per heavy atom. The monoisotopic (exact) mass is 387 g/mol. The third kappa shape index (κ3) is 2.59. The van der Waals surface area contributed by atoms with Crippen molar-refractivity contribution in [1.29, 1.82) is 0 Å². The van der Waals surface area contributed by atoms with E-state index in [-0.39, 0.29) is 34.1 Å². The second-order valence-corrected chi connectivity index (χ2v) is 6.91. The minimum atomic E-state index is -1.46. The van der Waals surface area contributed by atoms with Crippen molar-refractivity contribution in [2.24, 2.45) is 11.7 Å². The van der Waals surface area contributed by atoms with Gasteiger partial charge in [-0.05, 0) is 20.3 Å². The zero-order chi connectivity index (χ0) is 20.8. The second kappa shape index (κ2) is 6.78. The highest BCUT2D eigenvalue weighted by Crippen LogP contribution is 2.56. The van der Waals surface area contributed by atoms with E-state index in [1.54, 1.807) is 6.92 Å². The summed E-state index contributed by atoms with van der Waals surface area (Å²) in [5.41, 5.74) is 4.27. The molecule has 8 heteroatoms. The Hall–Kier alpha value is -3.16. The van der Waals surface area contributed by atoms with Crippen LogP contribution in [0.5, 0.6) is 17.2 Å². The molecule has 8 nitrogen and oxygen atoms in total. The number of nitrogens with two attached hydrogens (primary N) is 1. The van der Waals surface area contributed by atoms with Crippen LogP contribution in [0.15, 0.2) is 17.9 Å². The van der Waals surface area contributed by atoms with E-state index in [1.807, 2.05) is 6.92 Å². The Balaban J connectivity index is 2.35. The summed E-state index contributed by atoms with van der Waals surface area (Å²) < 4.78 is 16.8. The van der Waals surface area contributed by atoms with E-state index < -0.39 is 34.6 Å². The molecule has 2 N–H and O–H groups in total. The average Bonchev–Trinajstić information content (AvgIpc) is 2.92. The van der Waals surface area contributed by atoms with Crippen LogP contribution >= 0.6 is 0 Å². The molecule has 0 bridgehead atoms. The molecular formula is C20H21NO7. The summed E-state index contributed by atoms with van der Waals surface area (Å²) in [6, 6.07) is 1.47. The number of carbonyl (C=O) groups excluding carboxylic acids is 4. The van der Waals surface area contributed by atoms with E-state index >= 15 is 0 Å². The lowest BCUT2D eigenvalue weighted by atomic mass is 9.67. The fourth-order valence-electron chi connectivity index (χ4n) is 3.68. The van der Waals surface area contributed by atoms with Crippen LogP contribution in [0.25, 0.3) is 0 Å². The molecule has 0 fully saturated rings. The standard InChI is InChI=1S/C20H21NO7/c1-5-6-27-12-8-11(26-4)15(19(21)25)17-16(12)20(3)13(28-17)7-10(23)14(9(2)22)18(20)24/h7-8,14H,5-6H2,1-4H3,(H2,21,25)/t14?,20-/m1/s1. The Morgan fingerprint density at radius 3 is 2.50 bits per heavy atom. The minimum Gasteiger partial charge on any atom is -0.496 e. The van der Waals surface area contributed by atoms with Gasteiger partial charge < -0.3 is 19.9 Å². The number of hydrogen-bond acceptors (Lipinski definition) is 7. The summed E-state index contributed by atoms with van der Waals surface area (Å²) in [5.74, 6) is -3.63. The summed E-state index contributed by atoms with van der Waals surface area (Å²) in [4.78, 5) is 49.6. The van der Waals surface area contributed by atoms with Gasteiger partial charge in [-0.25, -0.2) is 0 Å². The number of carbonyl (C=O) groups is 4. The number of rotatable bonds is 6. The molecule has 1 aliphatic carbocycles. The van der Waals surface area contributed by atoms with Crippen LogP contribution in [0, 0.1) is 5.92 Å². The van der Waals surface area contributed by atoms with Crippen LogP contribution in [-0.4, -0.2) is 37.0 Å². The van der Waals surface area contributed by atoms with Gasteiger partial charge in [0.25, 0.3) is 5.91 Å². The Morgan fingerprint density at radius 1 is 1.29 bits per heavy atom. The third-order valence-electron chi connectivity index (χ3n) is 5.06. The summed E-state index contributed by atoms with van der Waals surface area (Å²) in [6.07, 6.45) is 1.83. The van der Waals surface area contributed by atoms with Gasteiger partial charge in [0.1, 0.15) is 39.9 Å². The number of Topliss-reactive ketones (excluding diaryl/α,β-unsaturated/α-hetero) is 2. The lowest BCUT2D eigenvalue weighted by Crippen LogP contribution is -2.47. The number of methoxy groups -OCH3 is 1. The van der Waals surface area contributed by atoms with Gasteiger partial charge in [0.15, 0.2) is 17.3 Å². The number of allylic oxidation sites excluding steroid dienone is 2. The highest BCUT2D eigenvalue weighted by Gasteiger charge is 2.58. The van der Waals surface area contributed by atoms with Gasteiger partial charge in [-0.2, -0.15) is 0 Å². The summed E-state index contributed by atoms with van der Waals surface area (Å²) in [5, 5.41) is 0. The Kier molecular flexibility index (Phi) is 4.74. The van der Waals surface area contributed by atoms with E-state index in [0.717, 1.165) is 6.08 Å². The van der Waals surface area contributed by atoms with Gasteiger partial charge in [0.2, 0.25) is 0 Å². The molecule has 0 saturated carbocycles. The van der Waals surface area contributed by atoms with E-state index in [2.05, 4.69) is 0 Å². The van der Waals surface area contributed by atoms with Crippen LogP contribution in [0.3, 0.4) is 0 Å². The number of amides is 1. The molecule has 0 aromatic heterocycles. The van der Waals surface area contributed by atoms with Crippen LogP contribution in [0.4, 0.5) is 0 Å². The van der Waals surface area contributed by atoms with E-state index in [4.69, 9.17) is 19.9 Å². The Labute approximate surface area is 161 Å². The molecule has 0 radical (unpaired) electrons. The molecule has 0 saturated heterocycles. The lowest BCUT2D eigenvalue weighted by molar-refractivity contribution is -0.140. The Bertz CT molecular complexity index is 946. The quantitative estimate of drug-likeness (QED) is 0.734.